The van der Waals surface area contributed by atoms with Crippen LogP contribution in [0.1, 0.15) is 13.8 Å². The van der Waals surface area contributed by atoms with Crippen molar-refractivity contribution >= 4 is 41.3 Å². The first-order valence-corrected chi connectivity index (χ1v) is 10.9. The lowest BCUT2D eigenvalue weighted by Crippen LogP contribution is -2.35. The molecule has 2 aromatic carbocycles. The highest BCUT2D eigenvalue weighted by molar-refractivity contribution is 8.18. The highest BCUT2D eigenvalue weighted by Gasteiger charge is 2.20. The molecule has 0 spiro atoms. The van der Waals surface area contributed by atoms with Crippen molar-refractivity contribution in [3.05, 3.63) is 48.5 Å². The number of amides is 1. The van der Waals surface area contributed by atoms with Crippen LogP contribution >= 0.6 is 19.7 Å². The number of hydrogen-bond acceptors (Lipinski definition) is 5. The lowest BCUT2D eigenvalue weighted by molar-refractivity contribution is -0.122. The molecule has 0 bridgehead atoms. The predicted octanol–water partition coefficient (Wildman–Crippen LogP) is 2.88. The molecule has 0 heterocycles. The van der Waals surface area contributed by atoms with Crippen molar-refractivity contribution in [1.29, 1.82) is 0 Å². The van der Waals surface area contributed by atoms with Gasteiger partial charge in [-0.1, -0.05) is 36.0 Å². The molecule has 2 aromatic rings. The molecule has 0 aliphatic heterocycles. The number of hydrogen-bond donors (Lipinski definition) is 1. The Morgan fingerprint density at radius 1 is 0.963 bits per heavy atom. The normalized spacial score (nSPS) is 11.7. The fraction of sp³-hybridized carbons (Fsp3) is 0.300. The van der Waals surface area contributed by atoms with Gasteiger partial charge in [0, 0.05) is 12.4 Å². The van der Waals surface area contributed by atoms with Crippen LogP contribution in [-0.4, -0.2) is 36.8 Å². The molecule has 1 amide bonds. The molecule has 144 valence electrons. The number of benzene rings is 2. The minimum Gasteiger partial charge on any atom is -0.497 e. The number of methoxy groups -OCH3 is 2. The Hall–Kier alpha value is -2.04. The van der Waals surface area contributed by atoms with Crippen LogP contribution in [0.4, 0.5) is 0 Å². The average Bonchev–Trinajstić information content (AvgIpc) is 2.68. The standard InChI is InChI=1S/C20H24NO4PS/c1-14(21-15(2)22)20(23)27-13-26(18-9-5-16(24-3)6-10-18)19-11-7-17(25-4)8-12-19/h5-12,14H,13H2,1-4H3,(H,21,22)/t14-/m0/s1. The zero-order valence-electron chi connectivity index (χ0n) is 15.9. The summed E-state index contributed by atoms with van der Waals surface area (Å²) in [6.45, 7) is 3.12. The van der Waals surface area contributed by atoms with Gasteiger partial charge in [0.2, 0.25) is 11.0 Å². The van der Waals surface area contributed by atoms with Crippen molar-refractivity contribution in [1.82, 2.24) is 5.32 Å². The number of ether oxygens (including phenoxy) is 2. The fourth-order valence-electron chi connectivity index (χ4n) is 2.44. The second kappa shape index (κ2) is 10.3. The van der Waals surface area contributed by atoms with E-state index in [0.717, 1.165) is 22.1 Å². The molecule has 2 rings (SSSR count). The molecule has 0 unspecified atom stereocenters. The summed E-state index contributed by atoms with van der Waals surface area (Å²) < 4.78 is 10.5. The maximum atomic E-state index is 12.4. The first-order valence-electron chi connectivity index (χ1n) is 8.44. The zero-order valence-corrected chi connectivity index (χ0v) is 17.6. The molecule has 0 aliphatic carbocycles. The summed E-state index contributed by atoms with van der Waals surface area (Å²) in [4.78, 5) is 23.5. The molecular formula is C20H24NO4PS. The number of thioether (sulfide) groups is 1. The summed E-state index contributed by atoms with van der Waals surface area (Å²) >= 11 is 1.26. The Morgan fingerprint density at radius 2 is 1.41 bits per heavy atom. The van der Waals surface area contributed by atoms with Gasteiger partial charge in [-0.3, -0.25) is 9.59 Å². The highest BCUT2D eigenvalue weighted by atomic mass is 32.2. The largest absolute Gasteiger partial charge is 0.497 e. The van der Waals surface area contributed by atoms with E-state index in [-0.39, 0.29) is 11.0 Å². The molecule has 1 N–H and O–H groups in total. The lowest BCUT2D eigenvalue weighted by atomic mass is 10.3. The molecule has 0 aliphatic rings. The molecular weight excluding hydrogens is 381 g/mol. The van der Waals surface area contributed by atoms with Gasteiger partial charge in [0.25, 0.3) is 0 Å². The third-order valence-electron chi connectivity index (χ3n) is 3.88. The summed E-state index contributed by atoms with van der Waals surface area (Å²) in [6, 6.07) is 15.4. The summed E-state index contributed by atoms with van der Waals surface area (Å²) in [5.41, 5.74) is 0.636. The third kappa shape index (κ3) is 6.26. The first-order chi connectivity index (χ1) is 12.9. The van der Waals surface area contributed by atoms with E-state index in [0.29, 0.717) is 5.49 Å². The van der Waals surface area contributed by atoms with Gasteiger partial charge in [-0.25, -0.2) is 0 Å². The van der Waals surface area contributed by atoms with Crippen molar-refractivity contribution in [3.63, 3.8) is 0 Å². The Balaban J connectivity index is 2.20. The second-order valence-electron chi connectivity index (χ2n) is 5.84. The molecule has 1 atom stereocenters. The predicted molar refractivity (Wildman–Crippen MR) is 113 cm³/mol. The molecule has 27 heavy (non-hydrogen) atoms. The van der Waals surface area contributed by atoms with Gasteiger partial charge in [0.15, 0.2) is 0 Å². The summed E-state index contributed by atoms with van der Waals surface area (Å²) in [5, 5.41) is 4.91. The van der Waals surface area contributed by atoms with Crippen LogP contribution in [-0.2, 0) is 9.59 Å². The number of carbonyl (C=O) groups excluding carboxylic acids is 2. The van der Waals surface area contributed by atoms with E-state index in [4.69, 9.17) is 9.47 Å². The van der Waals surface area contributed by atoms with E-state index in [2.05, 4.69) is 5.32 Å². The van der Waals surface area contributed by atoms with Crippen molar-refractivity contribution in [2.24, 2.45) is 0 Å². The molecule has 0 fully saturated rings. The summed E-state index contributed by atoms with van der Waals surface area (Å²) in [5.74, 6) is 1.39. The van der Waals surface area contributed by atoms with Gasteiger partial charge in [0.1, 0.15) is 11.5 Å². The zero-order chi connectivity index (χ0) is 19.8. The van der Waals surface area contributed by atoms with Crippen LogP contribution in [0.15, 0.2) is 48.5 Å². The van der Waals surface area contributed by atoms with E-state index in [1.807, 2.05) is 48.5 Å². The minimum absolute atomic E-state index is 0.0419. The minimum atomic E-state index is -0.745. The van der Waals surface area contributed by atoms with Crippen molar-refractivity contribution in [3.8, 4) is 11.5 Å². The van der Waals surface area contributed by atoms with E-state index in [1.165, 1.54) is 18.7 Å². The quantitative estimate of drug-likeness (QED) is 0.685. The molecule has 0 aromatic heterocycles. The molecule has 5 nitrogen and oxygen atoms in total. The van der Waals surface area contributed by atoms with E-state index < -0.39 is 14.0 Å². The SMILES string of the molecule is COc1ccc(P(CSC(=O)[C@H](C)NC(C)=O)c2ccc(OC)cc2)cc1. The maximum Gasteiger partial charge on any atom is 0.217 e. The van der Waals surface area contributed by atoms with Gasteiger partial charge in [-0.2, -0.15) is 0 Å². The Morgan fingerprint density at radius 3 is 1.78 bits per heavy atom. The van der Waals surface area contributed by atoms with Gasteiger partial charge in [-0.15, -0.1) is 0 Å². The highest BCUT2D eigenvalue weighted by Crippen LogP contribution is 2.38. The van der Waals surface area contributed by atoms with Crippen LogP contribution in [0.25, 0.3) is 0 Å². The van der Waals surface area contributed by atoms with E-state index in [9.17, 15) is 9.59 Å². The second-order valence-corrected chi connectivity index (χ2v) is 9.45. The van der Waals surface area contributed by atoms with Crippen LogP contribution in [0.5, 0.6) is 11.5 Å². The molecule has 0 saturated carbocycles. The molecule has 7 heteroatoms. The lowest BCUT2D eigenvalue weighted by Gasteiger charge is -2.20. The van der Waals surface area contributed by atoms with E-state index >= 15 is 0 Å². The number of carbonyl (C=O) groups is 2. The average molecular weight is 405 g/mol. The third-order valence-corrected chi connectivity index (χ3v) is 7.91. The van der Waals surface area contributed by atoms with Crippen LogP contribution < -0.4 is 25.4 Å². The van der Waals surface area contributed by atoms with Gasteiger partial charge in [0.05, 0.1) is 20.3 Å². The van der Waals surface area contributed by atoms with Crippen LogP contribution in [0, 0.1) is 0 Å². The fourth-order valence-corrected chi connectivity index (χ4v) is 6.28. The summed E-state index contributed by atoms with van der Waals surface area (Å²) in [6.07, 6.45) is 0. The van der Waals surface area contributed by atoms with Crippen molar-refractivity contribution in [2.75, 3.05) is 19.7 Å². The number of nitrogens with one attached hydrogen (secondary N) is 1. The monoisotopic (exact) mass is 405 g/mol. The van der Waals surface area contributed by atoms with E-state index in [1.54, 1.807) is 21.1 Å². The van der Waals surface area contributed by atoms with Crippen LogP contribution in [0.3, 0.4) is 0 Å². The van der Waals surface area contributed by atoms with Crippen molar-refractivity contribution in [2.45, 2.75) is 19.9 Å². The van der Waals surface area contributed by atoms with Gasteiger partial charge in [-0.05, 0) is 49.7 Å². The topological polar surface area (TPSA) is 64.6 Å². The molecule has 0 saturated heterocycles. The molecule has 0 radical (unpaired) electrons. The first kappa shape index (κ1) is 21.3. The smallest absolute Gasteiger partial charge is 0.217 e. The maximum absolute atomic E-state index is 12.4. The van der Waals surface area contributed by atoms with Crippen LogP contribution in [0.2, 0.25) is 0 Å². The Labute approximate surface area is 165 Å². The Bertz CT molecular complexity index is 717. The van der Waals surface area contributed by atoms with Gasteiger partial charge >= 0.3 is 0 Å². The number of rotatable bonds is 8. The Kier molecular flexibility index (Phi) is 8.14. The summed E-state index contributed by atoms with van der Waals surface area (Å²) in [7, 11) is 2.53. The van der Waals surface area contributed by atoms with Crippen molar-refractivity contribution < 1.29 is 19.1 Å². The van der Waals surface area contributed by atoms with Gasteiger partial charge < -0.3 is 14.8 Å².